The second-order valence-corrected chi connectivity index (χ2v) is 8.20. The maximum atomic E-state index is 12.2. The lowest BCUT2D eigenvalue weighted by atomic mass is 10.4. The summed E-state index contributed by atoms with van der Waals surface area (Å²) in [6.07, 6.45) is 0. The fourth-order valence-corrected chi connectivity index (χ4v) is 2.83. The predicted molar refractivity (Wildman–Crippen MR) is 92.5 cm³/mol. The summed E-state index contributed by atoms with van der Waals surface area (Å²) in [6, 6.07) is 5.48. The van der Waals surface area contributed by atoms with Crippen molar-refractivity contribution >= 4 is 44.5 Å². The van der Waals surface area contributed by atoms with Gasteiger partial charge in [-0.1, -0.05) is 11.6 Å². The lowest BCUT2D eigenvalue weighted by molar-refractivity contribution is 0.478. The van der Waals surface area contributed by atoms with Gasteiger partial charge in [0.1, 0.15) is 0 Å². The van der Waals surface area contributed by atoms with E-state index in [1.165, 1.54) is 31.3 Å². The first-order valence-electron chi connectivity index (χ1n) is 6.35. The van der Waals surface area contributed by atoms with Crippen molar-refractivity contribution in [2.45, 2.75) is 4.90 Å². The van der Waals surface area contributed by atoms with Crippen molar-refractivity contribution in [3.63, 3.8) is 0 Å². The van der Waals surface area contributed by atoms with Crippen molar-refractivity contribution in [2.75, 3.05) is 20.1 Å². The molecule has 0 saturated carbocycles. The van der Waals surface area contributed by atoms with Crippen molar-refractivity contribution in [2.24, 2.45) is 15.2 Å². The number of likely N-dealkylation sites (N-methyl/N-ethyl adjacent to an activating group) is 1. The Kier molecular flexibility index (Phi) is 7.10. The molecule has 0 unspecified atom stereocenters. The van der Waals surface area contributed by atoms with Crippen molar-refractivity contribution in [3.05, 3.63) is 29.3 Å². The number of guanidine groups is 1. The Balaban J connectivity index is 2.86. The number of halogens is 1. The number of benzene rings is 1. The van der Waals surface area contributed by atoms with E-state index in [-0.39, 0.29) is 23.9 Å². The van der Waals surface area contributed by atoms with Crippen molar-refractivity contribution in [1.29, 1.82) is 0 Å². The van der Waals surface area contributed by atoms with Crippen molar-refractivity contribution in [3.8, 4) is 0 Å². The third kappa shape index (κ3) is 6.41. The number of aliphatic imine (C=N–C) groups is 1. The van der Waals surface area contributed by atoms with Crippen LogP contribution in [0.15, 0.2) is 39.3 Å². The van der Waals surface area contributed by atoms with Crippen LogP contribution in [0.4, 0.5) is 0 Å². The minimum absolute atomic E-state index is 0.0351. The molecule has 0 saturated heterocycles. The van der Waals surface area contributed by atoms with Crippen LogP contribution in [0.3, 0.4) is 0 Å². The van der Waals surface area contributed by atoms with Crippen LogP contribution in [0.5, 0.6) is 0 Å². The molecule has 0 aromatic heterocycles. The Labute approximate surface area is 145 Å². The summed E-state index contributed by atoms with van der Waals surface area (Å²) in [5.74, 6) is -0.220. The molecule has 1 aromatic rings. The fourth-order valence-electron chi connectivity index (χ4n) is 1.40. The molecule has 4 N–H and O–H groups in total. The van der Waals surface area contributed by atoms with E-state index in [1.807, 2.05) is 0 Å². The van der Waals surface area contributed by atoms with Gasteiger partial charge in [-0.25, -0.2) is 28.7 Å². The zero-order chi connectivity index (χ0) is 18.4. The molecule has 0 amide bonds. The van der Waals surface area contributed by atoms with Crippen LogP contribution in [0.1, 0.15) is 0 Å². The van der Waals surface area contributed by atoms with Crippen LogP contribution in [-0.4, -0.2) is 54.0 Å². The quantitative estimate of drug-likeness (QED) is 0.317. The summed E-state index contributed by atoms with van der Waals surface area (Å²) in [6.45, 7) is 3.06. The van der Waals surface area contributed by atoms with Gasteiger partial charge in [0, 0.05) is 25.3 Å². The maximum absolute atomic E-state index is 12.2. The van der Waals surface area contributed by atoms with Gasteiger partial charge in [0.2, 0.25) is 5.96 Å². The largest absolute Gasteiger partial charge is 0.276 e. The number of nitrogens with one attached hydrogen (secondary N) is 2. The van der Waals surface area contributed by atoms with E-state index in [4.69, 9.17) is 16.7 Å². The second-order valence-electron chi connectivity index (χ2n) is 4.43. The number of nitrogens with zero attached hydrogens (tertiary/aromatic N) is 3. The minimum Gasteiger partial charge on any atom is -0.250 e. The highest BCUT2D eigenvalue weighted by molar-refractivity contribution is 7.90. The van der Waals surface area contributed by atoms with Gasteiger partial charge in [0.05, 0.1) is 11.4 Å². The SMILES string of the molecule is C=NNC(=NCCN(C)S(N)(=O)=O)NS(=O)(=O)c1ccc(Cl)cc1. The maximum Gasteiger partial charge on any atom is 0.276 e. The summed E-state index contributed by atoms with van der Waals surface area (Å²) < 4.78 is 49.6. The van der Waals surface area contributed by atoms with Gasteiger partial charge in [-0.2, -0.15) is 17.8 Å². The van der Waals surface area contributed by atoms with Gasteiger partial charge < -0.3 is 0 Å². The van der Waals surface area contributed by atoms with Crippen LogP contribution < -0.4 is 15.3 Å². The number of nitrogens with two attached hydrogens (primary N) is 1. The Morgan fingerprint density at radius 3 is 2.38 bits per heavy atom. The molecule has 0 heterocycles. The molecule has 1 rings (SSSR count). The number of rotatable bonds is 7. The summed E-state index contributed by atoms with van der Waals surface area (Å²) in [5, 5.41) is 8.66. The number of hydrogen-bond donors (Lipinski definition) is 3. The van der Waals surface area contributed by atoms with E-state index in [1.54, 1.807) is 0 Å². The summed E-state index contributed by atoms with van der Waals surface area (Å²) >= 11 is 5.71. The topological polar surface area (TPSA) is 146 Å². The Bertz CT molecular complexity index is 807. The predicted octanol–water partition coefficient (Wildman–Crippen LogP) is -0.685. The van der Waals surface area contributed by atoms with E-state index in [0.29, 0.717) is 5.02 Å². The summed E-state index contributed by atoms with van der Waals surface area (Å²) in [7, 11) is -6.50. The van der Waals surface area contributed by atoms with Crippen LogP contribution in [-0.2, 0) is 20.2 Å². The number of sulfonamides is 1. The van der Waals surface area contributed by atoms with Gasteiger partial charge in [-0.05, 0) is 24.3 Å². The molecule has 24 heavy (non-hydrogen) atoms. The van der Waals surface area contributed by atoms with E-state index in [2.05, 4.69) is 27.0 Å². The van der Waals surface area contributed by atoms with Gasteiger partial charge in [0.25, 0.3) is 20.2 Å². The first-order chi connectivity index (χ1) is 11.1. The van der Waals surface area contributed by atoms with Crippen LogP contribution in [0.2, 0.25) is 5.02 Å². The Morgan fingerprint density at radius 1 is 1.29 bits per heavy atom. The highest BCUT2D eigenvalue weighted by Gasteiger charge is 2.16. The minimum atomic E-state index is -3.92. The molecule has 0 atom stereocenters. The van der Waals surface area contributed by atoms with Gasteiger partial charge in [0.15, 0.2) is 0 Å². The molecule has 0 radical (unpaired) electrons. The van der Waals surface area contributed by atoms with Crippen LogP contribution in [0, 0.1) is 0 Å². The van der Waals surface area contributed by atoms with E-state index >= 15 is 0 Å². The number of hydrogen-bond acceptors (Lipinski definition) is 6. The van der Waals surface area contributed by atoms with Gasteiger partial charge >= 0.3 is 0 Å². The van der Waals surface area contributed by atoms with Gasteiger partial charge in [-0.3, -0.25) is 0 Å². The van der Waals surface area contributed by atoms with E-state index < -0.39 is 20.2 Å². The zero-order valence-electron chi connectivity index (χ0n) is 12.7. The Morgan fingerprint density at radius 2 is 1.88 bits per heavy atom. The summed E-state index contributed by atoms with van der Waals surface area (Å²) in [5.41, 5.74) is 2.28. The highest BCUT2D eigenvalue weighted by Crippen LogP contribution is 2.13. The van der Waals surface area contributed by atoms with E-state index in [0.717, 1.165) is 4.31 Å². The van der Waals surface area contributed by atoms with Crippen molar-refractivity contribution in [1.82, 2.24) is 14.5 Å². The first-order valence-corrected chi connectivity index (χ1v) is 9.71. The lowest BCUT2D eigenvalue weighted by Crippen LogP contribution is -2.40. The van der Waals surface area contributed by atoms with Crippen LogP contribution in [0.25, 0.3) is 0 Å². The monoisotopic (exact) mass is 396 g/mol. The molecule has 0 fully saturated rings. The molecule has 134 valence electrons. The zero-order valence-corrected chi connectivity index (χ0v) is 15.1. The fraction of sp³-hybridized carbons (Fsp3) is 0.273. The average molecular weight is 397 g/mol. The van der Waals surface area contributed by atoms with Crippen LogP contribution >= 0.6 is 11.6 Å². The standard InChI is InChI=1S/C11H17ClN6O4S2/c1-14-16-11(15-7-8-18(2)24(13,21)22)17-23(19,20)10-5-3-9(12)4-6-10/h3-6H,1,7-8H2,2H3,(H2,13,21,22)(H2,15,16,17). The van der Waals surface area contributed by atoms with E-state index in [9.17, 15) is 16.8 Å². The molecular weight excluding hydrogens is 380 g/mol. The third-order valence-electron chi connectivity index (χ3n) is 2.66. The van der Waals surface area contributed by atoms with Gasteiger partial charge in [-0.15, -0.1) is 0 Å². The molecule has 0 aliphatic carbocycles. The molecule has 13 heteroatoms. The highest BCUT2D eigenvalue weighted by atomic mass is 35.5. The third-order valence-corrected chi connectivity index (χ3v) is 5.32. The number of hydrazone groups is 1. The molecule has 0 spiro atoms. The molecule has 0 aliphatic rings. The van der Waals surface area contributed by atoms with Crippen molar-refractivity contribution < 1.29 is 16.8 Å². The molecule has 10 nitrogen and oxygen atoms in total. The second kappa shape index (κ2) is 8.39. The molecule has 0 aliphatic heterocycles. The average Bonchev–Trinajstić information content (AvgIpc) is 2.46. The Hall–Kier alpha value is -1.73. The molecule has 0 bridgehead atoms. The normalized spacial score (nSPS) is 12.9. The smallest absolute Gasteiger partial charge is 0.250 e. The molecular formula is C11H17ClN6O4S2. The molecule has 1 aromatic carbocycles. The summed E-state index contributed by atoms with van der Waals surface area (Å²) in [4.78, 5) is 3.85. The lowest BCUT2D eigenvalue weighted by Gasteiger charge is -2.13. The first kappa shape index (κ1) is 20.3.